The molecule has 0 spiro atoms. The van der Waals surface area contributed by atoms with E-state index in [1.165, 1.54) is 11.6 Å². The van der Waals surface area contributed by atoms with E-state index in [0.29, 0.717) is 25.2 Å². The van der Waals surface area contributed by atoms with Gasteiger partial charge in [0.05, 0.1) is 11.4 Å². The van der Waals surface area contributed by atoms with Gasteiger partial charge in [-0.3, -0.25) is 4.79 Å². The van der Waals surface area contributed by atoms with Gasteiger partial charge in [-0.05, 0) is 37.5 Å². The summed E-state index contributed by atoms with van der Waals surface area (Å²) in [6, 6.07) is 14.6. The van der Waals surface area contributed by atoms with Crippen LogP contribution in [-0.2, 0) is 16.6 Å². The van der Waals surface area contributed by atoms with Crippen LogP contribution < -0.4 is 5.32 Å². The lowest BCUT2D eigenvalue weighted by Gasteiger charge is -2.20. The van der Waals surface area contributed by atoms with Crippen LogP contribution in [0.15, 0.2) is 53.4 Å². The molecule has 3 rings (SSSR count). The van der Waals surface area contributed by atoms with Crippen molar-refractivity contribution in [3.05, 3.63) is 65.2 Å². The van der Waals surface area contributed by atoms with Crippen molar-refractivity contribution in [1.82, 2.24) is 9.62 Å². The van der Waals surface area contributed by atoms with Crippen LogP contribution in [0.2, 0.25) is 0 Å². The summed E-state index contributed by atoms with van der Waals surface area (Å²) in [6.07, 6.45) is 3.91. The second kappa shape index (κ2) is 9.45. The van der Waals surface area contributed by atoms with Crippen LogP contribution in [0.1, 0.15) is 47.2 Å². The van der Waals surface area contributed by atoms with Gasteiger partial charge in [-0.15, -0.1) is 0 Å². The number of nitrogens with one attached hydrogen (secondary N) is 1. The normalized spacial score (nSPS) is 15.9. The zero-order valence-electron chi connectivity index (χ0n) is 16.4. The maximum absolute atomic E-state index is 12.9. The van der Waals surface area contributed by atoms with Gasteiger partial charge in [0.15, 0.2) is 5.78 Å². The molecule has 0 atom stereocenters. The Labute approximate surface area is 167 Å². The van der Waals surface area contributed by atoms with Gasteiger partial charge < -0.3 is 5.32 Å². The Balaban J connectivity index is 1.64. The Hall–Kier alpha value is -2.02. The first-order valence-corrected chi connectivity index (χ1v) is 11.3. The first kappa shape index (κ1) is 20.7. The number of carbonyl (C=O) groups is 1. The molecule has 0 amide bonds. The molecule has 6 heteroatoms. The summed E-state index contributed by atoms with van der Waals surface area (Å²) in [7, 11) is -3.55. The van der Waals surface area contributed by atoms with Crippen LogP contribution in [0.5, 0.6) is 0 Å². The largest absolute Gasteiger partial charge is 0.306 e. The first-order valence-electron chi connectivity index (χ1n) is 9.86. The molecule has 0 bridgehead atoms. The van der Waals surface area contributed by atoms with Gasteiger partial charge in [-0.1, -0.05) is 54.8 Å². The van der Waals surface area contributed by atoms with E-state index < -0.39 is 10.0 Å². The highest BCUT2D eigenvalue weighted by molar-refractivity contribution is 7.89. The summed E-state index contributed by atoms with van der Waals surface area (Å²) in [5.74, 6) is -0.111. The number of carbonyl (C=O) groups excluding carboxylic acids is 1. The van der Waals surface area contributed by atoms with Crippen LogP contribution >= 0.6 is 0 Å². The second-order valence-electron chi connectivity index (χ2n) is 7.36. The lowest BCUT2D eigenvalue weighted by Crippen LogP contribution is -2.32. The zero-order chi connectivity index (χ0) is 20.0. The minimum Gasteiger partial charge on any atom is -0.306 e. The zero-order valence-corrected chi connectivity index (χ0v) is 17.2. The van der Waals surface area contributed by atoms with Crippen LogP contribution in [0.25, 0.3) is 0 Å². The molecule has 0 unspecified atom stereocenters. The Kier molecular flexibility index (Phi) is 6.99. The summed E-state index contributed by atoms with van der Waals surface area (Å²) < 4.78 is 27.4. The van der Waals surface area contributed by atoms with Crippen LogP contribution in [-0.4, -0.2) is 38.1 Å². The molecule has 28 heavy (non-hydrogen) atoms. The van der Waals surface area contributed by atoms with E-state index >= 15 is 0 Å². The van der Waals surface area contributed by atoms with Crippen molar-refractivity contribution in [3.63, 3.8) is 0 Å². The fourth-order valence-electron chi connectivity index (χ4n) is 3.39. The third-order valence-electron chi connectivity index (χ3n) is 5.09. The number of ketones is 1. The number of hydrogen-bond donors (Lipinski definition) is 1. The molecule has 1 aliphatic heterocycles. The molecular weight excluding hydrogens is 372 g/mol. The van der Waals surface area contributed by atoms with Crippen LogP contribution in [0.4, 0.5) is 0 Å². The van der Waals surface area contributed by atoms with Gasteiger partial charge in [-0.25, -0.2) is 8.42 Å². The lowest BCUT2D eigenvalue weighted by atomic mass is 10.1. The Bertz CT molecular complexity index is 900. The highest BCUT2D eigenvalue weighted by Crippen LogP contribution is 2.21. The molecule has 1 aliphatic rings. The quantitative estimate of drug-likeness (QED) is 0.722. The Morgan fingerprint density at radius 3 is 2.36 bits per heavy atom. The maximum Gasteiger partial charge on any atom is 0.243 e. The van der Waals surface area contributed by atoms with Crippen molar-refractivity contribution in [2.75, 3.05) is 19.6 Å². The van der Waals surface area contributed by atoms with Gasteiger partial charge in [-0.2, -0.15) is 4.31 Å². The van der Waals surface area contributed by atoms with Crippen molar-refractivity contribution in [2.24, 2.45) is 0 Å². The molecule has 1 heterocycles. The summed E-state index contributed by atoms with van der Waals surface area (Å²) >= 11 is 0. The molecule has 1 N–H and O–H groups in total. The molecular formula is C22H28N2O3S. The van der Waals surface area contributed by atoms with Crippen molar-refractivity contribution in [1.29, 1.82) is 0 Å². The topological polar surface area (TPSA) is 66.5 Å². The summed E-state index contributed by atoms with van der Waals surface area (Å²) in [5, 5.41) is 3.14. The number of benzene rings is 2. The lowest BCUT2D eigenvalue weighted by molar-refractivity contribution is 0.0990. The molecule has 0 aliphatic carbocycles. The molecule has 0 radical (unpaired) electrons. The van der Waals surface area contributed by atoms with Gasteiger partial charge in [0, 0.05) is 25.2 Å². The summed E-state index contributed by atoms with van der Waals surface area (Å²) in [5.41, 5.74) is 2.73. The minimum absolute atomic E-state index is 0.111. The van der Waals surface area contributed by atoms with E-state index in [2.05, 4.69) is 5.32 Å². The number of rotatable bonds is 7. The van der Waals surface area contributed by atoms with Crippen LogP contribution in [0.3, 0.4) is 0 Å². The third-order valence-corrected chi connectivity index (χ3v) is 6.99. The molecule has 0 aromatic heterocycles. The average Bonchev–Trinajstić information content (AvgIpc) is 3.00. The van der Waals surface area contributed by atoms with E-state index in [9.17, 15) is 13.2 Å². The van der Waals surface area contributed by atoms with Crippen molar-refractivity contribution < 1.29 is 13.2 Å². The standard InChI is InChI=1S/C22H28N2O3S/c1-18-9-11-19(12-10-18)16-23-17-22(25)20-7-6-8-21(15-20)28(26,27)24-13-4-2-3-5-14-24/h6-12,15,23H,2-5,13-14,16-17H2,1H3. The number of Topliss-reactive ketones (excluding diaryl/α,β-unsaturated/α-hetero) is 1. The molecule has 2 aromatic carbocycles. The fraction of sp³-hybridized carbons (Fsp3) is 0.409. The van der Waals surface area contributed by atoms with Crippen molar-refractivity contribution >= 4 is 15.8 Å². The van der Waals surface area contributed by atoms with Gasteiger partial charge in [0.1, 0.15) is 0 Å². The number of nitrogens with zero attached hydrogens (tertiary/aromatic N) is 1. The SMILES string of the molecule is Cc1ccc(CNCC(=O)c2cccc(S(=O)(=O)N3CCCCCC3)c2)cc1. The fourth-order valence-corrected chi connectivity index (χ4v) is 4.95. The smallest absolute Gasteiger partial charge is 0.243 e. The van der Waals surface area contributed by atoms with Crippen LogP contribution in [0, 0.1) is 6.92 Å². The predicted octanol–water partition coefficient (Wildman–Crippen LogP) is 3.53. The van der Waals surface area contributed by atoms with Gasteiger partial charge >= 0.3 is 0 Å². The van der Waals surface area contributed by atoms with E-state index in [0.717, 1.165) is 31.2 Å². The number of aryl methyl sites for hydroxylation is 1. The highest BCUT2D eigenvalue weighted by atomic mass is 32.2. The monoisotopic (exact) mass is 400 g/mol. The summed E-state index contributed by atoms with van der Waals surface area (Å²) in [4.78, 5) is 12.7. The Morgan fingerprint density at radius 2 is 1.68 bits per heavy atom. The molecule has 1 fully saturated rings. The van der Waals surface area contributed by atoms with Gasteiger partial charge in [0.25, 0.3) is 0 Å². The highest BCUT2D eigenvalue weighted by Gasteiger charge is 2.25. The predicted molar refractivity (Wildman–Crippen MR) is 111 cm³/mol. The number of sulfonamides is 1. The molecule has 5 nitrogen and oxygen atoms in total. The van der Waals surface area contributed by atoms with E-state index in [1.54, 1.807) is 22.5 Å². The summed E-state index contributed by atoms with van der Waals surface area (Å²) in [6.45, 7) is 3.91. The third kappa shape index (κ3) is 5.28. The molecule has 150 valence electrons. The molecule has 2 aromatic rings. The molecule has 0 saturated carbocycles. The average molecular weight is 401 g/mol. The van der Waals surface area contributed by atoms with E-state index in [-0.39, 0.29) is 17.2 Å². The van der Waals surface area contributed by atoms with Gasteiger partial charge in [0.2, 0.25) is 10.0 Å². The Morgan fingerprint density at radius 1 is 1.00 bits per heavy atom. The van der Waals surface area contributed by atoms with Crippen molar-refractivity contribution in [3.8, 4) is 0 Å². The van der Waals surface area contributed by atoms with Crippen molar-refractivity contribution in [2.45, 2.75) is 44.0 Å². The minimum atomic E-state index is -3.55. The number of hydrogen-bond acceptors (Lipinski definition) is 4. The van der Waals surface area contributed by atoms with E-state index in [4.69, 9.17) is 0 Å². The first-order chi connectivity index (χ1) is 13.5. The van der Waals surface area contributed by atoms with E-state index in [1.807, 2.05) is 31.2 Å². The maximum atomic E-state index is 12.9. The second-order valence-corrected chi connectivity index (χ2v) is 9.30. The molecule has 1 saturated heterocycles.